The maximum Gasteiger partial charge on any atom is 0.323 e. The SMILES string of the molecule is CCNC(=O)CN(CC)C(=O)N(CC(=O)O)C1CC1. The Balaban J connectivity index is 2.63. The Morgan fingerprint density at radius 3 is 2.26 bits per heavy atom. The summed E-state index contributed by atoms with van der Waals surface area (Å²) in [6.45, 7) is 4.10. The number of urea groups is 1. The summed E-state index contributed by atoms with van der Waals surface area (Å²) in [6, 6.07) is -0.370. The second kappa shape index (κ2) is 6.96. The quantitative estimate of drug-likeness (QED) is 0.688. The number of nitrogens with one attached hydrogen (secondary N) is 1. The summed E-state index contributed by atoms with van der Waals surface area (Å²) in [5.74, 6) is -1.27. The van der Waals surface area contributed by atoms with Crippen LogP contribution < -0.4 is 5.32 Å². The van der Waals surface area contributed by atoms with E-state index >= 15 is 0 Å². The van der Waals surface area contributed by atoms with Gasteiger partial charge in [-0.15, -0.1) is 0 Å². The van der Waals surface area contributed by atoms with Gasteiger partial charge in [0.2, 0.25) is 5.91 Å². The molecule has 19 heavy (non-hydrogen) atoms. The van der Waals surface area contributed by atoms with Gasteiger partial charge in [0.05, 0.1) is 0 Å². The van der Waals surface area contributed by atoms with Gasteiger partial charge in [-0.3, -0.25) is 9.59 Å². The Morgan fingerprint density at radius 2 is 1.84 bits per heavy atom. The van der Waals surface area contributed by atoms with E-state index in [0.29, 0.717) is 13.1 Å². The van der Waals surface area contributed by atoms with Gasteiger partial charge >= 0.3 is 12.0 Å². The zero-order valence-electron chi connectivity index (χ0n) is 11.4. The predicted octanol–water partition coefficient (Wildman–Crippen LogP) is 0.113. The summed E-state index contributed by atoms with van der Waals surface area (Å²) in [5.41, 5.74) is 0. The van der Waals surface area contributed by atoms with Crippen molar-refractivity contribution in [3.63, 3.8) is 0 Å². The molecule has 0 aromatic heterocycles. The Hall–Kier alpha value is -1.79. The molecule has 0 radical (unpaired) electrons. The monoisotopic (exact) mass is 271 g/mol. The summed E-state index contributed by atoms with van der Waals surface area (Å²) in [7, 11) is 0. The molecule has 0 aromatic rings. The summed E-state index contributed by atoms with van der Waals surface area (Å²) in [4.78, 5) is 37.2. The second-order valence-electron chi connectivity index (χ2n) is 4.50. The molecule has 7 nitrogen and oxygen atoms in total. The number of amides is 3. The minimum atomic E-state index is -1.03. The normalized spacial score (nSPS) is 13.8. The van der Waals surface area contributed by atoms with Crippen LogP contribution in [-0.4, -0.2) is 65.0 Å². The van der Waals surface area contributed by atoms with E-state index in [1.165, 1.54) is 9.80 Å². The highest BCUT2D eigenvalue weighted by Crippen LogP contribution is 2.27. The van der Waals surface area contributed by atoms with E-state index in [1.54, 1.807) is 13.8 Å². The van der Waals surface area contributed by atoms with Crippen LogP contribution in [0.1, 0.15) is 26.7 Å². The fourth-order valence-corrected chi connectivity index (χ4v) is 1.81. The second-order valence-corrected chi connectivity index (χ2v) is 4.50. The third-order valence-corrected chi connectivity index (χ3v) is 2.90. The number of likely N-dealkylation sites (N-methyl/N-ethyl adjacent to an activating group) is 2. The van der Waals surface area contributed by atoms with Crippen LogP contribution in [-0.2, 0) is 9.59 Å². The first kappa shape index (κ1) is 15.3. The molecule has 0 aliphatic heterocycles. The van der Waals surface area contributed by atoms with Gasteiger partial charge in [0.1, 0.15) is 13.1 Å². The fraction of sp³-hybridized carbons (Fsp3) is 0.750. The Kier molecular flexibility index (Phi) is 5.59. The number of carbonyl (C=O) groups excluding carboxylic acids is 2. The van der Waals surface area contributed by atoms with Gasteiger partial charge in [-0.05, 0) is 26.7 Å². The molecular weight excluding hydrogens is 250 g/mol. The number of carbonyl (C=O) groups is 3. The number of carboxylic acid groups (broad SMARTS) is 1. The first-order chi connectivity index (χ1) is 8.99. The molecule has 1 aliphatic carbocycles. The number of carboxylic acids is 1. The highest BCUT2D eigenvalue weighted by molar-refractivity contribution is 5.86. The average molecular weight is 271 g/mol. The minimum absolute atomic E-state index is 0.00638. The average Bonchev–Trinajstić information content (AvgIpc) is 3.16. The molecule has 1 aliphatic rings. The maximum atomic E-state index is 12.2. The van der Waals surface area contributed by atoms with Crippen LogP contribution in [0.25, 0.3) is 0 Å². The smallest absolute Gasteiger partial charge is 0.323 e. The van der Waals surface area contributed by atoms with Gasteiger partial charge in [0.25, 0.3) is 0 Å². The minimum Gasteiger partial charge on any atom is -0.480 e. The van der Waals surface area contributed by atoms with E-state index in [1.807, 2.05) is 0 Å². The largest absolute Gasteiger partial charge is 0.480 e. The van der Waals surface area contributed by atoms with Crippen LogP contribution >= 0.6 is 0 Å². The lowest BCUT2D eigenvalue weighted by molar-refractivity contribution is -0.137. The van der Waals surface area contributed by atoms with Crippen molar-refractivity contribution in [3.8, 4) is 0 Å². The molecule has 3 amide bonds. The zero-order valence-corrected chi connectivity index (χ0v) is 11.4. The molecule has 1 saturated carbocycles. The van der Waals surface area contributed by atoms with Gasteiger partial charge < -0.3 is 20.2 Å². The zero-order chi connectivity index (χ0) is 14.4. The molecule has 0 atom stereocenters. The van der Waals surface area contributed by atoms with E-state index < -0.39 is 5.97 Å². The van der Waals surface area contributed by atoms with Crippen molar-refractivity contribution in [1.82, 2.24) is 15.1 Å². The molecule has 7 heteroatoms. The van der Waals surface area contributed by atoms with E-state index in [2.05, 4.69) is 5.32 Å². The van der Waals surface area contributed by atoms with Gasteiger partial charge in [-0.2, -0.15) is 0 Å². The predicted molar refractivity (Wildman–Crippen MR) is 68.7 cm³/mol. The van der Waals surface area contributed by atoms with Gasteiger partial charge in [0, 0.05) is 19.1 Å². The molecular formula is C12H21N3O4. The summed E-state index contributed by atoms with van der Waals surface area (Å²) in [6.07, 6.45) is 1.66. The molecule has 2 N–H and O–H groups in total. The molecule has 108 valence electrons. The van der Waals surface area contributed by atoms with Crippen LogP contribution in [0.2, 0.25) is 0 Å². The third-order valence-electron chi connectivity index (χ3n) is 2.90. The number of nitrogens with zero attached hydrogens (tertiary/aromatic N) is 2. The van der Waals surface area contributed by atoms with Crippen molar-refractivity contribution in [2.45, 2.75) is 32.7 Å². The van der Waals surface area contributed by atoms with E-state index in [9.17, 15) is 14.4 Å². The maximum absolute atomic E-state index is 12.2. The summed E-state index contributed by atoms with van der Waals surface area (Å²) < 4.78 is 0. The van der Waals surface area contributed by atoms with Crippen molar-refractivity contribution in [3.05, 3.63) is 0 Å². The molecule has 0 bridgehead atoms. The lowest BCUT2D eigenvalue weighted by atomic mass is 10.4. The summed E-state index contributed by atoms with van der Waals surface area (Å²) in [5, 5.41) is 11.5. The van der Waals surface area contributed by atoms with Crippen molar-refractivity contribution >= 4 is 17.9 Å². The van der Waals surface area contributed by atoms with Crippen LogP contribution in [0.3, 0.4) is 0 Å². The Morgan fingerprint density at radius 1 is 1.21 bits per heavy atom. The Labute approximate surface area is 112 Å². The highest BCUT2D eigenvalue weighted by Gasteiger charge is 2.36. The number of hydrogen-bond donors (Lipinski definition) is 2. The van der Waals surface area contributed by atoms with Crippen LogP contribution in [0.4, 0.5) is 4.79 Å². The Bertz CT molecular complexity index is 355. The van der Waals surface area contributed by atoms with Crippen molar-refractivity contribution in [2.75, 3.05) is 26.2 Å². The topological polar surface area (TPSA) is 90.0 Å². The lowest BCUT2D eigenvalue weighted by Gasteiger charge is -2.28. The van der Waals surface area contributed by atoms with Crippen LogP contribution in [0.15, 0.2) is 0 Å². The first-order valence-electron chi connectivity index (χ1n) is 6.53. The van der Waals surface area contributed by atoms with Crippen LogP contribution in [0.5, 0.6) is 0 Å². The van der Waals surface area contributed by atoms with E-state index in [-0.39, 0.29) is 31.1 Å². The lowest BCUT2D eigenvalue weighted by Crippen LogP contribution is -2.49. The highest BCUT2D eigenvalue weighted by atomic mass is 16.4. The standard InChI is InChI=1S/C12H21N3O4/c1-3-13-10(16)7-14(4-2)12(19)15(8-11(17)18)9-5-6-9/h9H,3-8H2,1-2H3,(H,13,16)(H,17,18). The first-order valence-corrected chi connectivity index (χ1v) is 6.53. The molecule has 1 fully saturated rings. The fourth-order valence-electron chi connectivity index (χ4n) is 1.81. The molecule has 0 aromatic carbocycles. The van der Waals surface area contributed by atoms with E-state index in [4.69, 9.17) is 5.11 Å². The van der Waals surface area contributed by atoms with Gasteiger partial charge in [0.15, 0.2) is 0 Å². The molecule has 0 saturated heterocycles. The van der Waals surface area contributed by atoms with Gasteiger partial charge in [-0.25, -0.2) is 4.79 Å². The number of hydrogen-bond acceptors (Lipinski definition) is 3. The molecule has 0 spiro atoms. The van der Waals surface area contributed by atoms with Crippen LogP contribution in [0, 0.1) is 0 Å². The number of rotatable bonds is 7. The molecule has 1 rings (SSSR count). The van der Waals surface area contributed by atoms with Crippen molar-refractivity contribution < 1.29 is 19.5 Å². The van der Waals surface area contributed by atoms with Crippen molar-refractivity contribution in [2.24, 2.45) is 0 Å². The number of aliphatic carboxylic acids is 1. The molecule has 0 heterocycles. The van der Waals surface area contributed by atoms with Crippen molar-refractivity contribution in [1.29, 1.82) is 0 Å². The molecule has 0 unspecified atom stereocenters. The van der Waals surface area contributed by atoms with E-state index in [0.717, 1.165) is 12.8 Å². The summed E-state index contributed by atoms with van der Waals surface area (Å²) >= 11 is 0. The third kappa shape index (κ3) is 4.76. The van der Waals surface area contributed by atoms with Gasteiger partial charge in [-0.1, -0.05) is 0 Å².